The van der Waals surface area contributed by atoms with Gasteiger partial charge in [-0.3, -0.25) is 0 Å². The molecule has 2 N–H and O–H groups in total. The number of halogens is 1. The van der Waals surface area contributed by atoms with E-state index in [0.29, 0.717) is 12.1 Å². The topological polar surface area (TPSA) is 58.6 Å². The quantitative estimate of drug-likeness (QED) is 0.747. The second kappa shape index (κ2) is 7.76. The number of methoxy groups -OCH3 is 1. The maximum atomic E-state index is 11.4. The van der Waals surface area contributed by atoms with E-state index in [1.807, 2.05) is 6.07 Å². The molecule has 0 aliphatic rings. The van der Waals surface area contributed by atoms with E-state index < -0.39 is 0 Å². The maximum Gasteiger partial charge on any atom is 0.337 e. The van der Waals surface area contributed by atoms with Gasteiger partial charge in [-0.25, -0.2) is 4.79 Å². The first-order valence-electron chi connectivity index (χ1n) is 6.74. The van der Waals surface area contributed by atoms with Crippen LogP contribution in [0.15, 0.2) is 22.7 Å². The molecule has 1 aromatic rings. The van der Waals surface area contributed by atoms with Crippen molar-refractivity contribution >= 4 is 21.9 Å². The molecule has 0 unspecified atom stereocenters. The van der Waals surface area contributed by atoms with Gasteiger partial charge in [0.1, 0.15) is 0 Å². The Labute approximate surface area is 128 Å². The maximum absolute atomic E-state index is 11.4. The van der Waals surface area contributed by atoms with Crippen molar-refractivity contribution in [2.45, 2.75) is 38.8 Å². The number of rotatable bonds is 7. The van der Waals surface area contributed by atoms with Gasteiger partial charge in [0.05, 0.1) is 19.3 Å². The Balaban J connectivity index is 2.81. The van der Waals surface area contributed by atoms with Crippen LogP contribution in [0.3, 0.4) is 0 Å². The molecule has 0 aliphatic carbocycles. The first kappa shape index (κ1) is 17.1. The second-order valence-corrected chi connectivity index (χ2v) is 5.65. The van der Waals surface area contributed by atoms with Crippen molar-refractivity contribution in [2.24, 2.45) is 0 Å². The lowest BCUT2D eigenvalue weighted by Crippen LogP contribution is -2.47. The van der Waals surface area contributed by atoms with E-state index in [1.165, 1.54) is 7.11 Å². The number of nitrogens with one attached hydrogen (secondary N) is 1. The summed E-state index contributed by atoms with van der Waals surface area (Å²) in [6.07, 6.45) is 1.72. The zero-order valence-corrected chi connectivity index (χ0v) is 13.8. The number of ether oxygens (including phenoxy) is 1. The molecule has 0 radical (unpaired) electrons. The van der Waals surface area contributed by atoms with Gasteiger partial charge in [-0.05, 0) is 30.5 Å². The summed E-state index contributed by atoms with van der Waals surface area (Å²) in [4.78, 5) is 11.4. The lowest BCUT2D eigenvalue weighted by molar-refractivity contribution is 0.0600. The summed E-state index contributed by atoms with van der Waals surface area (Å²) in [5, 5.41) is 12.9. The van der Waals surface area contributed by atoms with Crippen molar-refractivity contribution in [3.05, 3.63) is 33.8 Å². The summed E-state index contributed by atoms with van der Waals surface area (Å²) in [6.45, 7) is 4.85. The third-order valence-electron chi connectivity index (χ3n) is 3.78. The highest BCUT2D eigenvalue weighted by Gasteiger charge is 2.24. The molecule has 5 heteroatoms. The third-order valence-corrected chi connectivity index (χ3v) is 4.52. The largest absolute Gasteiger partial charge is 0.465 e. The predicted octanol–water partition coefficient (Wildman–Crippen LogP) is 2.88. The predicted molar refractivity (Wildman–Crippen MR) is 82.7 cm³/mol. The van der Waals surface area contributed by atoms with Crippen LogP contribution in [0.1, 0.15) is 42.6 Å². The Hall–Kier alpha value is -0.910. The van der Waals surface area contributed by atoms with E-state index in [9.17, 15) is 9.90 Å². The van der Waals surface area contributed by atoms with Crippen LogP contribution in [0, 0.1) is 0 Å². The number of aliphatic hydroxyl groups is 1. The highest BCUT2D eigenvalue weighted by Crippen LogP contribution is 2.21. The Kier molecular flexibility index (Phi) is 6.65. The molecule has 1 rings (SSSR count). The van der Waals surface area contributed by atoms with E-state index >= 15 is 0 Å². The molecule has 1 aromatic carbocycles. The number of aliphatic hydroxyl groups excluding tert-OH is 1. The average molecular weight is 344 g/mol. The normalized spacial score (nSPS) is 11.4. The lowest BCUT2D eigenvalue weighted by atomic mass is 9.93. The van der Waals surface area contributed by atoms with Crippen LogP contribution in [0.2, 0.25) is 0 Å². The van der Waals surface area contributed by atoms with Crippen molar-refractivity contribution in [2.75, 3.05) is 13.7 Å². The van der Waals surface area contributed by atoms with Gasteiger partial charge in [-0.1, -0.05) is 35.8 Å². The van der Waals surface area contributed by atoms with Crippen molar-refractivity contribution in [3.8, 4) is 0 Å². The smallest absolute Gasteiger partial charge is 0.337 e. The Morgan fingerprint density at radius 1 is 1.40 bits per heavy atom. The van der Waals surface area contributed by atoms with Crippen LogP contribution >= 0.6 is 15.9 Å². The molecule has 0 amide bonds. The summed E-state index contributed by atoms with van der Waals surface area (Å²) >= 11 is 3.47. The number of carbonyl (C=O) groups excluding carboxylic acids is 1. The number of carbonyl (C=O) groups is 1. The molecule has 0 saturated heterocycles. The number of hydrogen-bond donors (Lipinski definition) is 2. The fourth-order valence-electron chi connectivity index (χ4n) is 2.00. The van der Waals surface area contributed by atoms with Gasteiger partial charge < -0.3 is 15.2 Å². The third kappa shape index (κ3) is 4.04. The molecule has 0 fully saturated rings. The van der Waals surface area contributed by atoms with Crippen molar-refractivity contribution in [3.63, 3.8) is 0 Å². The van der Waals surface area contributed by atoms with Crippen LogP contribution < -0.4 is 5.32 Å². The molecule has 0 bridgehead atoms. The number of benzene rings is 1. The summed E-state index contributed by atoms with van der Waals surface area (Å²) in [6, 6.07) is 5.38. The standard InChI is InChI=1S/C15H22BrNO3/c1-4-15(5-2,10-18)17-9-12-7-6-11(8-13(12)16)14(19)20-3/h6-8,17-18H,4-5,9-10H2,1-3H3. The fraction of sp³-hybridized carbons (Fsp3) is 0.533. The van der Waals surface area contributed by atoms with Crippen LogP contribution in [0.5, 0.6) is 0 Å². The molecule has 4 nitrogen and oxygen atoms in total. The summed E-state index contributed by atoms with van der Waals surface area (Å²) in [7, 11) is 1.36. The van der Waals surface area contributed by atoms with E-state index in [0.717, 1.165) is 22.9 Å². The average Bonchev–Trinajstić information content (AvgIpc) is 2.49. The Morgan fingerprint density at radius 3 is 2.50 bits per heavy atom. The van der Waals surface area contributed by atoms with E-state index in [-0.39, 0.29) is 18.1 Å². The van der Waals surface area contributed by atoms with Crippen LogP contribution in [0.4, 0.5) is 0 Å². The minimum absolute atomic E-state index is 0.109. The zero-order valence-electron chi connectivity index (χ0n) is 12.2. The molecule has 0 aromatic heterocycles. The SMILES string of the molecule is CCC(CC)(CO)NCc1ccc(C(=O)OC)cc1Br. The highest BCUT2D eigenvalue weighted by molar-refractivity contribution is 9.10. The molecule has 0 heterocycles. The fourth-order valence-corrected chi connectivity index (χ4v) is 2.52. The molecule has 20 heavy (non-hydrogen) atoms. The molecule has 0 atom stereocenters. The molecular weight excluding hydrogens is 322 g/mol. The monoisotopic (exact) mass is 343 g/mol. The van der Waals surface area contributed by atoms with E-state index in [4.69, 9.17) is 0 Å². The van der Waals surface area contributed by atoms with Gasteiger partial charge in [-0.15, -0.1) is 0 Å². The minimum Gasteiger partial charge on any atom is -0.465 e. The molecule has 0 saturated carbocycles. The lowest BCUT2D eigenvalue weighted by Gasteiger charge is -2.31. The zero-order chi connectivity index (χ0) is 15.2. The van der Waals surface area contributed by atoms with Gasteiger partial charge in [0.25, 0.3) is 0 Å². The van der Waals surface area contributed by atoms with Gasteiger partial charge in [0.2, 0.25) is 0 Å². The molecular formula is C15H22BrNO3. The molecule has 0 aliphatic heterocycles. The van der Waals surface area contributed by atoms with Crippen LogP contribution in [-0.2, 0) is 11.3 Å². The second-order valence-electron chi connectivity index (χ2n) is 4.80. The molecule has 0 spiro atoms. The first-order valence-corrected chi connectivity index (χ1v) is 7.53. The van der Waals surface area contributed by atoms with Crippen molar-refractivity contribution in [1.82, 2.24) is 5.32 Å². The van der Waals surface area contributed by atoms with Gasteiger partial charge in [-0.2, -0.15) is 0 Å². The number of hydrogen-bond acceptors (Lipinski definition) is 4. The molecule has 112 valence electrons. The minimum atomic E-state index is -0.350. The first-order chi connectivity index (χ1) is 9.51. The summed E-state index contributed by atoms with van der Waals surface area (Å²) in [5.74, 6) is -0.350. The van der Waals surface area contributed by atoms with Crippen molar-refractivity contribution < 1.29 is 14.6 Å². The summed E-state index contributed by atoms with van der Waals surface area (Å²) in [5.41, 5.74) is 1.31. The Bertz CT molecular complexity index is 450. The van der Waals surface area contributed by atoms with Crippen molar-refractivity contribution in [1.29, 1.82) is 0 Å². The van der Waals surface area contributed by atoms with E-state index in [2.05, 4.69) is 39.8 Å². The van der Waals surface area contributed by atoms with Crippen LogP contribution in [0.25, 0.3) is 0 Å². The highest BCUT2D eigenvalue weighted by atomic mass is 79.9. The Morgan fingerprint density at radius 2 is 2.05 bits per heavy atom. The van der Waals surface area contributed by atoms with Gasteiger partial charge >= 0.3 is 5.97 Å². The van der Waals surface area contributed by atoms with Gasteiger partial charge in [0.15, 0.2) is 0 Å². The summed E-state index contributed by atoms with van der Waals surface area (Å²) < 4.78 is 5.54. The van der Waals surface area contributed by atoms with Crippen LogP contribution in [-0.4, -0.2) is 30.3 Å². The number of esters is 1. The van der Waals surface area contributed by atoms with Gasteiger partial charge in [0, 0.05) is 16.6 Å². The van der Waals surface area contributed by atoms with E-state index in [1.54, 1.807) is 12.1 Å².